The van der Waals surface area contributed by atoms with Crippen molar-refractivity contribution in [3.05, 3.63) is 300 Å². The van der Waals surface area contributed by atoms with Crippen LogP contribution in [-0.4, -0.2) is 93.0 Å². The van der Waals surface area contributed by atoms with Crippen molar-refractivity contribution < 1.29 is 115 Å². The fourth-order valence-corrected chi connectivity index (χ4v) is 20.3. The Morgan fingerprint density at radius 3 is 1.08 bits per heavy atom. The third-order valence-corrected chi connectivity index (χ3v) is 27.6. The molecule has 4 aromatic heterocycles. The van der Waals surface area contributed by atoms with Crippen LogP contribution >= 0.6 is 107 Å². The van der Waals surface area contributed by atoms with Crippen molar-refractivity contribution in [2.24, 2.45) is 0 Å². The second-order valence-corrected chi connectivity index (χ2v) is 37.9. The number of aromatic hydroxyl groups is 3. The fraction of sp³-hybridized carbons (Fsp3) is 0.0375. The Hall–Kier alpha value is -10.4. The van der Waals surface area contributed by atoms with E-state index in [0.717, 1.165) is 113 Å². The summed E-state index contributed by atoms with van der Waals surface area (Å²) >= 11 is 25.4. The van der Waals surface area contributed by atoms with Gasteiger partial charge in [-0.25, -0.2) is 74.8 Å². The maximum Gasteiger partial charge on any atom is 0.499 e. The van der Waals surface area contributed by atoms with Crippen LogP contribution in [0.15, 0.2) is 225 Å². The van der Waals surface area contributed by atoms with Gasteiger partial charge in [-0.05, 0) is 147 Å². The number of thiophene rings is 4. The number of rotatable bonds is 14. The molecule has 620 valence electrons. The molecule has 0 bridgehead atoms. The van der Waals surface area contributed by atoms with Crippen LogP contribution in [0.5, 0.6) is 17.2 Å². The second-order valence-electron chi connectivity index (χ2n) is 25.0. The van der Waals surface area contributed by atoms with Gasteiger partial charge in [-0.15, -0.1) is 45.3 Å². The molecule has 40 heteroatoms. The average Bonchev–Trinajstić information content (AvgIpc) is 1.46. The number of hydrogen-bond acceptors (Lipinski definition) is 21. The number of phenols is 3. The molecule has 0 saturated heterocycles. The largest absolute Gasteiger partial charge is 0.505 e. The van der Waals surface area contributed by atoms with Crippen LogP contribution in [0.2, 0.25) is 15.1 Å². The van der Waals surface area contributed by atoms with E-state index in [0.29, 0.717) is 32.2 Å². The topological polar surface area (TPSA) is 357 Å². The van der Waals surface area contributed by atoms with E-state index in [2.05, 4.69) is 20.7 Å². The fourth-order valence-electron chi connectivity index (χ4n) is 11.0. The van der Waals surface area contributed by atoms with E-state index in [1.165, 1.54) is 57.5 Å². The highest BCUT2D eigenvalue weighted by molar-refractivity contribution is 9.10. The van der Waals surface area contributed by atoms with Gasteiger partial charge in [-0.1, -0.05) is 108 Å². The minimum absolute atomic E-state index is 0.0272. The molecule has 0 radical (unpaired) electrons. The van der Waals surface area contributed by atoms with Gasteiger partial charge in [0.25, 0.3) is 9.05 Å². The number of carbonyl (C=O) groups is 3. The molecule has 120 heavy (non-hydrogen) atoms. The summed E-state index contributed by atoms with van der Waals surface area (Å²) in [5.41, 5.74) is 9.24. The number of carboxylic acids is 2. The van der Waals surface area contributed by atoms with E-state index in [-0.39, 0.29) is 54.3 Å². The zero-order valence-corrected chi connectivity index (χ0v) is 70.6. The molecule has 15 aromatic rings. The third-order valence-electron chi connectivity index (χ3n) is 16.8. The van der Waals surface area contributed by atoms with E-state index in [4.69, 9.17) is 77.2 Å². The van der Waals surface area contributed by atoms with Crippen LogP contribution in [0.25, 0.3) is 71.7 Å². The van der Waals surface area contributed by atoms with Crippen LogP contribution in [0.1, 0.15) is 42.2 Å². The lowest BCUT2D eigenvalue weighted by Crippen LogP contribution is -2.26. The van der Waals surface area contributed by atoms with Crippen molar-refractivity contribution in [1.29, 1.82) is 0 Å². The summed E-state index contributed by atoms with van der Waals surface area (Å²) in [5, 5.41) is 67.6. The van der Waals surface area contributed by atoms with E-state index >= 15 is 0 Å². The number of carboxylic acid groups (broad SMARTS) is 2. The molecule has 0 spiro atoms. The van der Waals surface area contributed by atoms with Crippen LogP contribution in [0, 0.1) is 46.5 Å². The minimum Gasteiger partial charge on any atom is -0.505 e. The van der Waals surface area contributed by atoms with Crippen molar-refractivity contribution in [3.63, 3.8) is 0 Å². The predicted molar refractivity (Wildman–Crippen MR) is 455 cm³/mol. The maximum absolute atomic E-state index is 14.6. The second kappa shape index (κ2) is 38.5. The number of sulfone groups is 2. The molecule has 11 N–H and O–H groups in total. The van der Waals surface area contributed by atoms with Crippen molar-refractivity contribution in [1.82, 2.24) is 0 Å². The Morgan fingerprint density at radius 1 is 0.417 bits per heavy atom. The van der Waals surface area contributed by atoms with E-state index in [9.17, 15) is 90.1 Å². The summed E-state index contributed by atoms with van der Waals surface area (Å²) in [7, 11) is -8.34. The third kappa shape index (κ3) is 22.0. The van der Waals surface area contributed by atoms with Gasteiger partial charge in [0, 0.05) is 101 Å². The highest BCUT2D eigenvalue weighted by Gasteiger charge is 2.30. The number of benzene rings is 11. The molecule has 15 rings (SSSR count). The molecule has 19 nitrogen and oxygen atoms in total. The number of nitrogen functional groups attached to an aromatic ring is 2. The summed E-state index contributed by atoms with van der Waals surface area (Å²) in [6.45, 7) is 0. The Morgan fingerprint density at radius 2 is 0.733 bits per heavy atom. The number of hydrogen-bond donors (Lipinski definition) is 9. The molecule has 0 aliphatic heterocycles. The first kappa shape index (κ1) is 91.9. The van der Waals surface area contributed by atoms with E-state index < -0.39 is 159 Å². The molecule has 0 aliphatic carbocycles. The number of anilines is 2. The van der Waals surface area contributed by atoms with Gasteiger partial charge in [0.2, 0.25) is 0 Å². The molecule has 0 atom stereocenters. The number of aromatic carboxylic acids is 2. The predicted octanol–water partition coefficient (Wildman–Crippen LogP) is 20.8. The molecule has 0 unspecified atom stereocenters. The van der Waals surface area contributed by atoms with Crippen LogP contribution in [0.3, 0.4) is 0 Å². The zero-order chi connectivity index (χ0) is 87.9. The summed E-state index contributed by atoms with van der Waals surface area (Å²) in [6, 6.07) is 50.2. The number of halogens is 13. The van der Waals surface area contributed by atoms with Gasteiger partial charge < -0.3 is 51.8 Å². The van der Waals surface area contributed by atoms with Gasteiger partial charge in [-0.3, -0.25) is 0 Å². The first-order valence-electron chi connectivity index (χ1n) is 33.4. The van der Waals surface area contributed by atoms with Crippen molar-refractivity contribution in [2.45, 2.75) is 26.2 Å². The van der Waals surface area contributed by atoms with E-state index in [1.807, 2.05) is 103 Å². The number of methoxy groups -OCH3 is 1. The number of fused-ring (bicyclic) bond motifs is 4. The van der Waals surface area contributed by atoms with Gasteiger partial charge >= 0.3 is 25.0 Å². The van der Waals surface area contributed by atoms with Crippen LogP contribution in [-0.2, 0) is 45.0 Å². The number of nitrogens with two attached hydrogens (primary N) is 2. The Kier molecular flexibility index (Phi) is 29.5. The highest BCUT2D eigenvalue weighted by Crippen LogP contribution is 2.43. The summed E-state index contributed by atoms with van der Waals surface area (Å²) in [5.74, 6) is -14.5. The van der Waals surface area contributed by atoms with Crippen molar-refractivity contribution >= 4 is 217 Å². The molecular formula is C80H52BBrCl4F8N2O17S7. The Bertz CT molecular complexity index is 6730. The molecule has 11 aromatic carbocycles. The lowest BCUT2D eigenvalue weighted by molar-refractivity contribution is 0.0598. The lowest BCUT2D eigenvalue weighted by Gasteiger charge is -2.12. The first-order chi connectivity index (χ1) is 56.4. The van der Waals surface area contributed by atoms with E-state index in [1.54, 1.807) is 18.2 Å². The number of phenolic OH excluding ortho intramolecular Hbond substituents is 3. The molecule has 4 heterocycles. The Labute approximate surface area is 719 Å². The standard InChI is InChI=1S/C23H15ClF2O5S2.C22H13ClF2O5S2.C14H9F2NS.C8H7BO2S.C7H4Cl2O5S.C6H4BrF2N/c1-31-23(28)13-7-16(24)22(27)21(9-13)33(29,30)11-14-6-15(18(26)10-17(14)25)20-8-12-4-2-3-5-19(12)32-20;23-15-6-12(22(27)28)8-20(21(15)26)32(29,30)10-13-5-14(17(25)9-16(13)24)19-7-11-3-1-2-4-18(11)31-19;15-10-7-11(16)12(17)6-9(10)14-5-8-3-1-2-4-13(8)18-14;10-9(11)8-5-6-3-1-2-4-7(6)12-8;8-4-1-3(7(11)12)2-5(6(4)10)15(9,13)14;7-3-1-6(10)5(9)2-4(3)8/h2-10,27H,11H2,1H3;1-9,26H,10H2,(H,27,28);1-7H,17H2;1-5,10-11H;1-2,10H,(H,11,12);1-2H,10H2. The monoisotopic (exact) mass is 1920 g/mol. The van der Waals surface area contributed by atoms with Gasteiger partial charge in [0.05, 0.1) is 66.2 Å². The van der Waals surface area contributed by atoms with Gasteiger partial charge in [-0.2, -0.15) is 0 Å². The number of ether oxygens (including phenoxy) is 1. The van der Waals surface area contributed by atoms with Crippen LogP contribution in [0.4, 0.5) is 46.5 Å². The van der Waals surface area contributed by atoms with Gasteiger partial charge in [0.15, 0.2) is 36.9 Å². The van der Waals surface area contributed by atoms with Gasteiger partial charge in [0.1, 0.15) is 61.2 Å². The van der Waals surface area contributed by atoms with Crippen LogP contribution < -0.4 is 16.2 Å². The SMILES string of the molecule is COC(=O)c1cc(Cl)c(O)c(S(=O)(=O)Cc2cc(-c3cc4ccccc4s3)c(F)cc2F)c1.Nc1cc(-c2cc3ccccc3s2)c(F)cc1F.Nc1cc(Br)c(F)cc1F.O=C(O)c1cc(Cl)c(O)c(S(=O)(=O)Cc2cc(-c3cc4ccccc4s3)c(F)cc2F)c1.O=C(O)c1cc(Cl)c(O)c(S(=O)(=O)Cl)c1.OB(O)c1cc2ccccc2s1. The first-order valence-corrected chi connectivity index (χ1v) is 44.2. The average molecular weight is 1920 g/mol. The molecule has 0 fully saturated rings. The normalized spacial score (nSPS) is 11.3. The number of carbonyl (C=O) groups excluding carboxylic acids is 1. The molecular weight excluding hydrogens is 1870 g/mol. The zero-order valence-electron chi connectivity index (χ0n) is 60.3. The summed E-state index contributed by atoms with van der Waals surface area (Å²) < 4.78 is 193. The Balaban J connectivity index is 0.000000160. The summed E-state index contributed by atoms with van der Waals surface area (Å²) in [4.78, 5) is 33.2. The lowest BCUT2D eigenvalue weighted by atomic mass is 9.89. The maximum atomic E-state index is 14.6. The number of esters is 1. The molecule has 0 saturated carbocycles. The summed E-state index contributed by atoms with van der Waals surface area (Å²) in [6.07, 6.45) is 0. The highest BCUT2D eigenvalue weighted by atomic mass is 79.9. The molecule has 0 amide bonds. The minimum atomic E-state index is -4.44. The molecule has 0 aliphatic rings. The van der Waals surface area contributed by atoms with Crippen molar-refractivity contribution in [2.75, 3.05) is 18.6 Å². The quantitative estimate of drug-likeness (QED) is 0.0122. The smallest absolute Gasteiger partial charge is 0.499 e. The van der Waals surface area contributed by atoms with Crippen molar-refractivity contribution in [3.8, 4) is 48.6 Å².